The molecule has 0 bridgehead atoms. The highest BCUT2D eigenvalue weighted by molar-refractivity contribution is 7.91. The quantitative estimate of drug-likeness (QED) is 0.597. The Labute approximate surface area is 166 Å². The van der Waals surface area contributed by atoms with Crippen LogP contribution in [0.5, 0.6) is 5.75 Å². The molecule has 0 spiro atoms. The number of anilines is 1. The highest BCUT2D eigenvalue weighted by Crippen LogP contribution is 2.38. The van der Waals surface area contributed by atoms with E-state index in [0.717, 1.165) is 11.3 Å². The maximum Gasteiger partial charge on any atom is 0.344 e. The molecule has 0 unspecified atom stereocenters. The van der Waals surface area contributed by atoms with Crippen LogP contribution in [0.4, 0.5) is 5.69 Å². The zero-order chi connectivity index (χ0) is 20.2. The first-order valence-electron chi connectivity index (χ1n) is 8.62. The minimum atomic E-state index is -3.73. The van der Waals surface area contributed by atoms with Gasteiger partial charge in [-0.1, -0.05) is 6.07 Å². The van der Waals surface area contributed by atoms with Gasteiger partial charge in [0.15, 0.2) is 6.61 Å². The zero-order valence-corrected chi connectivity index (χ0v) is 16.8. The topological polar surface area (TPSA) is 111 Å². The van der Waals surface area contributed by atoms with Crippen LogP contribution in [0.1, 0.15) is 19.8 Å². The lowest BCUT2D eigenvalue weighted by Gasteiger charge is -2.17. The third-order valence-electron chi connectivity index (χ3n) is 4.05. The average molecular weight is 425 g/mol. The van der Waals surface area contributed by atoms with Gasteiger partial charge in [-0.15, -0.1) is 11.3 Å². The molecule has 0 radical (unpaired) electrons. The van der Waals surface area contributed by atoms with Gasteiger partial charge in [0.05, 0.1) is 6.61 Å². The largest absolute Gasteiger partial charge is 0.482 e. The number of sulfonamides is 1. The number of rotatable bonds is 9. The Hall–Kier alpha value is -2.43. The molecule has 0 saturated heterocycles. The monoisotopic (exact) mass is 424 g/mol. The van der Waals surface area contributed by atoms with E-state index in [1.54, 1.807) is 42.6 Å². The Morgan fingerprint density at radius 2 is 1.89 bits per heavy atom. The number of hydrogen-bond acceptors (Lipinski definition) is 7. The van der Waals surface area contributed by atoms with E-state index < -0.39 is 27.4 Å². The lowest BCUT2D eigenvalue weighted by molar-refractivity contribution is -0.145. The van der Waals surface area contributed by atoms with Crippen LogP contribution in [0.3, 0.4) is 0 Å². The molecule has 2 aromatic rings. The first-order chi connectivity index (χ1) is 13.3. The summed E-state index contributed by atoms with van der Waals surface area (Å²) in [6, 6.07) is 9.57. The molecule has 3 rings (SSSR count). The molecule has 0 aliphatic heterocycles. The molecular formula is C18H20N2O6S2. The summed E-state index contributed by atoms with van der Waals surface area (Å²) in [4.78, 5) is 23.9. The summed E-state index contributed by atoms with van der Waals surface area (Å²) in [5.41, 5.74) is -0.628. The van der Waals surface area contributed by atoms with Crippen molar-refractivity contribution in [1.82, 2.24) is 4.72 Å². The summed E-state index contributed by atoms with van der Waals surface area (Å²) in [6.45, 7) is 1.79. The maximum atomic E-state index is 12.6. The van der Waals surface area contributed by atoms with Crippen LogP contribution in [-0.2, 0) is 24.3 Å². The summed E-state index contributed by atoms with van der Waals surface area (Å²) in [6.07, 6.45) is 0.869. The number of amides is 1. The fourth-order valence-corrected chi connectivity index (χ4v) is 4.87. The van der Waals surface area contributed by atoms with Gasteiger partial charge in [0.2, 0.25) is 5.91 Å². The van der Waals surface area contributed by atoms with Gasteiger partial charge in [0.25, 0.3) is 10.0 Å². The third-order valence-corrected chi connectivity index (χ3v) is 6.98. The van der Waals surface area contributed by atoms with E-state index in [-0.39, 0.29) is 17.4 Å². The van der Waals surface area contributed by atoms with E-state index in [2.05, 4.69) is 10.0 Å². The van der Waals surface area contributed by atoms with E-state index in [1.165, 1.54) is 6.07 Å². The molecular weight excluding hydrogens is 404 g/mol. The molecule has 28 heavy (non-hydrogen) atoms. The van der Waals surface area contributed by atoms with Gasteiger partial charge in [-0.2, -0.15) is 4.72 Å². The van der Waals surface area contributed by atoms with Gasteiger partial charge in [0, 0.05) is 5.69 Å². The molecule has 1 aliphatic rings. The fraction of sp³-hybridized carbons (Fsp3) is 0.333. The Bertz CT molecular complexity index is 935. The Balaban J connectivity index is 1.58. The normalized spacial score (nSPS) is 14.9. The maximum absolute atomic E-state index is 12.6. The van der Waals surface area contributed by atoms with Gasteiger partial charge in [-0.25, -0.2) is 13.2 Å². The summed E-state index contributed by atoms with van der Waals surface area (Å²) < 4.78 is 37.5. The minimum absolute atomic E-state index is 0.176. The van der Waals surface area contributed by atoms with E-state index in [0.29, 0.717) is 24.3 Å². The van der Waals surface area contributed by atoms with Crippen LogP contribution < -0.4 is 14.8 Å². The predicted octanol–water partition coefficient (Wildman–Crippen LogP) is 2.14. The molecule has 150 valence electrons. The molecule has 8 nitrogen and oxygen atoms in total. The first-order valence-corrected chi connectivity index (χ1v) is 11.0. The van der Waals surface area contributed by atoms with Gasteiger partial charge >= 0.3 is 5.97 Å². The van der Waals surface area contributed by atoms with Crippen LogP contribution in [0.15, 0.2) is 46.0 Å². The van der Waals surface area contributed by atoms with E-state index in [1.807, 2.05) is 0 Å². The van der Waals surface area contributed by atoms with E-state index in [9.17, 15) is 18.0 Å². The van der Waals surface area contributed by atoms with Gasteiger partial charge in [-0.05, 0) is 55.5 Å². The highest BCUT2D eigenvalue weighted by atomic mass is 32.2. The molecule has 1 fully saturated rings. The van der Waals surface area contributed by atoms with Crippen LogP contribution in [0, 0.1) is 0 Å². The second kappa shape index (κ2) is 8.29. The lowest BCUT2D eigenvalue weighted by atomic mass is 10.2. The lowest BCUT2D eigenvalue weighted by Crippen LogP contribution is -2.45. The summed E-state index contributed by atoms with van der Waals surface area (Å²) in [5, 5.41) is 4.38. The van der Waals surface area contributed by atoms with Crippen molar-refractivity contribution >= 4 is 38.9 Å². The predicted molar refractivity (Wildman–Crippen MR) is 104 cm³/mol. The number of hydrogen-bond donors (Lipinski definition) is 2. The molecule has 1 heterocycles. The van der Waals surface area contributed by atoms with Crippen molar-refractivity contribution < 1.29 is 27.5 Å². The van der Waals surface area contributed by atoms with Crippen molar-refractivity contribution in [1.29, 1.82) is 0 Å². The number of carbonyl (C=O) groups excluding carboxylic acids is 2. The molecule has 1 saturated carbocycles. The van der Waals surface area contributed by atoms with E-state index >= 15 is 0 Å². The molecule has 1 aromatic carbocycles. The number of thiophene rings is 1. The van der Waals surface area contributed by atoms with Crippen molar-refractivity contribution in [3.8, 4) is 5.75 Å². The van der Waals surface area contributed by atoms with Crippen LogP contribution >= 0.6 is 11.3 Å². The van der Waals surface area contributed by atoms with Crippen molar-refractivity contribution in [3.05, 3.63) is 41.8 Å². The second-order valence-corrected chi connectivity index (χ2v) is 9.05. The molecule has 10 heteroatoms. The van der Waals surface area contributed by atoms with E-state index in [4.69, 9.17) is 9.47 Å². The van der Waals surface area contributed by atoms with Gasteiger partial charge in [0.1, 0.15) is 15.5 Å². The van der Waals surface area contributed by atoms with Crippen LogP contribution in [-0.4, -0.2) is 39.0 Å². The Kier molecular flexibility index (Phi) is 6.01. The molecule has 2 N–H and O–H groups in total. The van der Waals surface area contributed by atoms with Crippen molar-refractivity contribution in [3.63, 3.8) is 0 Å². The SMILES string of the molecule is CCOC(=O)COc1ccc(NC(=O)C2(NS(=O)(=O)c3cccs3)CC2)cc1. The summed E-state index contributed by atoms with van der Waals surface area (Å²) in [5.74, 6) is -0.424. The van der Waals surface area contributed by atoms with Gasteiger partial charge < -0.3 is 14.8 Å². The number of ether oxygens (including phenoxy) is 2. The van der Waals surface area contributed by atoms with Crippen molar-refractivity contribution in [2.45, 2.75) is 29.5 Å². The number of esters is 1. The first kappa shape index (κ1) is 20.3. The highest BCUT2D eigenvalue weighted by Gasteiger charge is 2.53. The molecule has 1 aromatic heterocycles. The Morgan fingerprint density at radius 1 is 1.18 bits per heavy atom. The minimum Gasteiger partial charge on any atom is -0.482 e. The van der Waals surface area contributed by atoms with Crippen LogP contribution in [0.2, 0.25) is 0 Å². The Morgan fingerprint density at radius 3 is 2.46 bits per heavy atom. The zero-order valence-electron chi connectivity index (χ0n) is 15.1. The number of benzene rings is 1. The van der Waals surface area contributed by atoms with Crippen LogP contribution in [0.25, 0.3) is 0 Å². The number of nitrogens with one attached hydrogen (secondary N) is 2. The third kappa shape index (κ3) is 4.89. The molecule has 1 aliphatic carbocycles. The summed E-state index contributed by atoms with van der Waals surface area (Å²) in [7, 11) is -3.73. The molecule has 0 atom stereocenters. The standard InChI is InChI=1S/C18H20N2O6S2/c1-2-25-15(21)12-26-14-7-5-13(6-8-14)19-17(22)18(9-10-18)20-28(23,24)16-4-3-11-27-16/h3-8,11,20H,2,9-10,12H2,1H3,(H,19,22). The van der Waals surface area contributed by atoms with Crippen molar-refractivity contribution in [2.75, 3.05) is 18.5 Å². The second-order valence-electron chi connectivity index (χ2n) is 6.19. The smallest absolute Gasteiger partial charge is 0.344 e. The van der Waals surface area contributed by atoms with Crippen molar-refractivity contribution in [2.24, 2.45) is 0 Å². The van der Waals surface area contributed by atoms with Gasteiger partial charge in [-0.3, -0.25) is 4.79 Å². The fourth-order valence-electron chi connectivity index (χ4n) is 2.45. The summed E-state index contributed by atoms with van der Waals surface area (Å²) >= 11 is 1.10. The number of carbonyl (C=O) groups is 2. The molecule has 1 amide bonds. The average Bonchev–Trinajstić information content (AvgIpc) is 3.20.